The van der Waals surface area contributed by atoms with Gasteiger partial charge in [0, 0.05) is 22.2 Å². The molecule has 0 radical (unpaired) electrons. The van der Waals surface area contributed by atoms with E-state index < -0.39 is 12.5 Å². The van der Waals surface area contributed by atoms with Crippen molar-refractivity contribution in [2.45, 2.75) is 30.5 Å². The fourth-order valence-electron chi connectivity index (χ4n) is 5.23. The van der Waals surface area contributed by atoms with Crippen LogP contribution in [-0.4, -0.2) is 22.7 Å². The van der Waals surface area contributed by atoms with Crippen molar-refractivity contribution in [2.75, 3.05) is 0 Å². The summed E-state index contributed by atoms with van der Waals surface area (Å²) in [5, 5.41) is 22.2. The van der Waals surface area contributed by atoms with Crippen LogP contribution in [0.2, 0.25) is 0 Å². The molecule has 0 aliphatic carbocycles. The lowest BCUT2D eigenvalue weighted by molar-refractivity contribution is 0.0370. The van der Waals surface area contributed by atoms with E-state index in [0.29, 0.717) is 0 Å². The zero-order valence-electron chi connectivity index (χ0n) is 17.4. The molecule has 2 heterocycles. The maximum Gasteiger partial charge on any atom is 0.122 e. The SMILES string of the molecule is OC1NNC(c2ccccc2)C1C(c1ccc(Br)cc1)C1C(O)NNC1c1ccccc1. The van der Waals surface area contributed by atoms with Gasteiger partial charge in [-0.2, -0.15) is 0 Å². The van der Waals surface area contributed by atoms with Crippen molar-refractivity contribution in [1.82, 2.24) is 21.7 Å². The molecule has 0 spiro atoms. The van der Waals surface area contributed by atoms with Crippen LogP contribution in [-0.2, 0) is 0 Å². The van der Waals surface area contributed by atoms with E-state index in [1.807, 2.05) is 48.5 Å². The largest absolute Gasteiger partial charge is 0.377 e. The smallest absolute Gasteiger partial charge is 0.122 e. The van der Waals surface area contributed by atoms with E-state index in [1.165, 1.54) is 0 Å². The molecule has 0 bridgehead atoms. The zero-order valence-corrected chi connectivity index (χ0v) is 19.0. The van der Waals surface area contributed by atoms with Gasteiger partial charge < -0.3 is 10.2 Å². The second-order valence-corrected chi connectivity index (χ2v) is 9.39. The Kier molecular flexibility index (Phi) is 6.39. The Hall–Kier alpha value is -2.10. The molecule has 7 heteroatoms. The van der Waals surface area contributed by atoms with Gasteiger partial charge in [-0.1, -0.05) is 88.7 Å². The Morgan fingerprint density at radius 2 is 1.03 bits per heavy atom. The maximum absolute atomic E-state index is 11.1. The Bertz CT molecular complexity index is 960. The zero-order chi connectivity index (χ0) is 22.1. The molecule has 166 valence electrons. The number of hydrazine groups is 2. The molecule has 3 aromatic carbocycles. The van der Waals surface area contributed by atoms with Crippen molar-refractivity contribution in [3.05, 3.63) is 106 Å². The van der Waals surface area contributed by atoms with Crippen molar-refractivity contribution in [1.29, 1.82) is 0 Å². The second kappa shape index (κ2) is 9.41. The number of aliphatic hydroxyl groups excluding tert-OH is 2. The molecular formula is C25H27BrN4O2. The Labute approximate surface area is 196 Å². The second-order valence-electron chi connectivity index (χ2n) is 8.48. The van der Waals surface area contributed by atoms with Gasteiger partial charge in [0.25, 0.3) is 0 Å². The summed E-state index contributed by atoms with van der Waals surface area (Å²) in [7, 11) is 0. The lowest BCUT2D eigenvalue weighted by Crippen LogP contribution is -2.39. The quantitative estimate of drug-likeness (QED) is 0.326. The van der Waals surface area contributed by atoms with Gasteiger partial charge in [-0.05, 0) is 28.8 Å². The van der Waals surface area contributed by atoms with Crippen LogP contribution in [0.5, 0.6) is 0 Å². The van der Waals surface area contributed by atoms with E-state index in [2.05, 4.69) is 74.0 Å². The minimum atomic E-state index is -0.780. The normalized spacial score (nSPS) is 31.0. The summed E-state index contributed by atoms with van der Waals surface area (Å²) in [6.07, 6.45) is -1.56. The van der Waals surface area contributed by atoms with E-state index in [0.717, 1.165) is 21.2 Å². The van der Waals surface area contributed by atoms with Crippen LogP contribution < -0.4 is 21.7 Å². The summed E-state index contributed by atoms with van der Waals surface area (Å²) in [6, 6.07) is 28.2. The number of hydrogen-bond acceptors (Lipinski definition) is 6. The summed E-state index contributed by atoms with van der Waals surface area (Å²) in [6.45, 7) is 0. The van der Waals surface area contributed by atoms with E-state index in [9.17, 15) is 10.2 Å². The Balaban J connectivity index is 1.61. The molecule has 32 heavy (non-hydrogen) atoms. The highest BCUT2D eigenvalue weighted by molar-refractivity contribution is 9.10. The monoisotopic (exact) mass is 494 g/mol. The third-order valence-electron chi connectivity index (χ3n) is 6.67. The molecular weight excluding hydrogens is 468 g/mol. The van der Waals surface area contributed by atoms with E-state index in [-0.39, 0.29) is 29.8 Å². The van der Waals surface area contributed by atoms with Crippen LogP contribution in [0.4, 0.5) is 0 Å². The molecule has 0 aromatic heterocycles. The van der Waals surface area contributed by atoms with E-state index in [1.54, 1.807) is 0 Å². The summed E-state index contributed by atoms with van der Waals surface area (Å²) in [5.41, 5.74) is 15.9. The van der Waals surface area contributed by atoms with Gasteiger partial charge in [-0.25, -0.2) is 21.7 Å². The van der Waals surface area contributed by atoms with Crippen LogP contribution >= 0.6 is 15.9 Å². The summed E-state index contributed by atoms with van der Waals surface area (Å²) in [5.74, 6) is -0.592. The standard InChI is InChI=1S/C25H27BrN4O2/c26-18-13-11-15(12-14-18)19(20-22(27-29-24(20)31)16-7-3-1-4-8-16)21-23(28-30-25(21)32)17-9-5-2-6-10-17/h1-14,19-25,27-32H. The van der Waals surface area contributed by atoms with Crippen LogP contribution in [0.25, 0.3) is 0 Å². The first-order chi connectivity index (χ1) is 15.6. The average Bonchev–Trinajstić information content (AvgIpc) is 3.40. The van der Waals surface area contributed by atoms with Gasteiger partial charge in [-0.3, -0.25) is 0 Å². The van der Waals surface area contributed by atoms with Crippen molar-refractivity contribution in [2.24, 2.45) is 11.8 Å². The van der Waals surface area contributed by atoms with Gasteiger partial charge in [-0.15, -0.1) is 0 Å². The van der Waals surface area contributed by atoms with Gasteiger partial charge in [0.1, 0.15) is 12.5 Å². The molecule has 5 rings (SSSR count). The molecule has 0 amide bonds. The molecule has 6 N–H and O–H groups in total. The fraction of sp³-hybridized carbons (Fsp3) is 0.280. The minimum Gasteiger partial charge on any atom is -0.377 e. The third-order valence-corrected chi connectivity index (χ3v) is 7.20. The van der Waals surface area contributed by atoms with Crippen LogP contribution in [0.3, 0.4) is 0 Å². The Morgan fingerprint density at radius 1 is 0.594 bits per heavy atom. The highest BCUT2D eigenvalue weighted by Crippen LogP contribution is 2.49. The Morgan fingerprint density at radius 3 is 1.47 bits per heavy atom. The van der Waals surface area contributed by atoms with Crippen LogP contribution in [0, 0.1) is 11.8 Å². The molecule has 2 aliphatic heterocycles. The summed E-state index contributed by atoms with van der Waals surface area (Å²) in [4.78, 5) is 0. The molecule has 6 nitrogen and oxygen atoms in total. The van der Waals surface area contributed by atoms with Gasteiger partial charge in [0.05, 0.1) is 12.1 Å². The molecule has 3 aromatic rings. The molecule has 0 saturated carbocycles. The molecule has 6 atom stereocenters. The van der Waals surface area contributed by atoms with Crippen LogP contribution in [0.15, 0.2) is 89.4 Å². The average molecular weight is 495 g/mol. The first-order valence-corrected chi connectivity index (χ1v) is 11.7. The number of benzene rings is 3. The van der Waals surface area contributed by atoms with Crippen molar-refractivity contribution >= 4 is 15.9 Å². The van der Waals surface area contributed by atoms with Crippen LogP contribution in [0.1, 0.15) is 34.7 Å². The van der Waals surface area contributed by atoms with Gasteiger partial charge in [0.15, 0.2) is 0 Å². The molecule has 6 unspecified atom stereocenters. The molecule has 2 saturated heterocycles. The third kappa shape index (κ3) is 4.13. The predicted molar refractivity (Wildman–Crippen MR) is 127 cm³/mol. The van der Waals surface area contributed by atoms with Crippen molar-refractivity contribution in [3.8, 4) is 0 Å². The minimum absolute atomic E-state index is 0.121. The van der Waals surface area contributed by atoms with Crippen molar-refractivity contribution < 1.29 is 10.2 Å². The van der Waals surface area contributed by atoms with E-state index in [4.69, 9.17) is 0 Å². The van der Waals surface area contributed by atoms with E-state index >= 15 is 0 Å². The summed E-state index contributed by atoms with van der Waals surface area (Å²) >= 11 is 3.53. The highest BCUT2D eigenvalue weighted by atomic mass is 79.9. The number of hydrogen-bond donors (Lipinski definition) is 6. The number of aliphatic hydroxyl groups is 2. The summed E-state index contributed by atoms with van der Waals surface area (Å²) < 4.78 is 0.991. The number of rotatable bonds is 5. The highest BCUT2D eigenvalue weighted by Gasteiger charge is 2.50. The maximum atomic E-state index is 11.1. The van der Waals surface area contributed by atoms with Gasteiger partial charge in [0.2, 0.25) is 0 Å². The lowest BCUT2D eigenvalue weighted by Gasteiger charge is -2.37. The number of halogens is 1. The molecule has 2 fully saturated rings. The topological polar surface area (TPSA) is 88.6 Å². The first kappa shape index (κ1) is 21.7. The van der Waals surface area contributed by atoms with Crippen molar-refractivity contribution in [3.63, 3.8) is 0 Å². The first-order valence-electron chi connectivity index (χ1n) is 10.9. The van der Waals surface area contributed by atoms with Gasteiger partial charge >= 0.3 is 0 Å². The molecule has 2 aliphatic rings. The number of nitrogens with one attached hydrogen (secondary N) is 4. The fourth-order valence-corrected chi connectivity index (χ4v) is 5.49. The lowest BCUT2D eigenvalue weighted by atomic mass is 9.69. The predicted octanol–water partition coefficient (Wildman–Crippen LogP) is 3.10.